The van der Waals surface area contributed by atoms with E-state index in [4.69, 9.17) is 9.47 Å². The molecule has 2 heterocycles. The topological polar surface area (TPSA) is 123 Å². The Kier molecular flexibility index (Phi) is 6.87. The van der Waals surface area contributed by atoms with E-state index < -0.39 is 22.0 Å². The first-order valence-corrected chi connectivity index (χ1v) is 12.2. The van der Waals surface area contributed by atoms with Gasteiger partial charge in [-0.1, -0.05) is 0 Å². The van der Waals surface area contributed by atoms with Crippen molar-refractivity contribution in [3.05, 3.63) is 60.3 Å². The van der Waals surface area contributed by atoms with Crippen molar-refractivity contribution in [2.75, 3.05) is 25.0 Å². The molecule has 3 aromatic rings. The van der Waals surface area contributed by atoms with Crippen molar-refractivity contribution < 1.29 is 27.8 Å². The normalized spacial score (nSPS) is 14.8. The number of amides is 1. The highest BCUT2D eigenvalue weighted by molar-refractivity contribution is 7.89. The van der Waals surface area contributed by atoms with E-state index in [-0.39, 0.29) is 17.1 Å². The fourth-order valence-corrected chi connectivity index (χ4v) is 4.78. The molecule has 4 rings (SSSR count). The minimum absolute atomic E-state index is 0.198. The number of ether oxygens (including phenoxy) is 2. The number of rotatable bonds is 9. The van der Waals surface area contributed by atoms with Crippen molar-refractivity contribution in [3.8, 4) is 17.2 Å². The fourth-order valence-electron chi connectivity index (χ4n) is 3.26. The molecule has 0 unspecified atom stereocenters. The Bertz CT molecular complexity index is 1270. The van der Waals surface area contributed by atoms with Gasteiger partial charge in [0.15, 0.2) is 5.82 Å². The number of carbonyl (C=O) groups excluding carboxylic acids is 1. The lowest BCUT2D eigenvalue weighted by molar-refractivity contribution is 0.102. The zero-order valence-electron chi connectivity index (χ0n) is 18.8. The van der Waals surface area contributed by atoms with E-state index in [0.717, 1.165) is 6.42 Å². The molecule has 1 aromatic heterocycles. The lowest BCUT2D eigenvalue weighted by Gasteiger charge is -2.29. The first kappa shape index (κ1) is 23.7. The van der Waals surface area contributed by atoms with Gasteiger partial charge in [0, 0.05) is 44.0 Å². The van der Waals surface area contributed by atoms with Crippen LogP contribution in [-0.2, 0) is 17.1 Å². The molecule has 0 aliphatic carbocycles. The zero-order valence-corrected chi connectivity index (χ0v) is 19.7. The Morgan fingerprint density at radius 1 is 1.12 bits per heavy atom. The molecule has 180 valence electrons. The number of aryl methyl sites for hydroxylation is 1. The summed E-state index contributed by atoms with van der Waals surface area (Å²) in [6, 6.07) is 12.4. The number of hydrogen-bond acceptors (Lipinski definition) is 7. The molecule has 2 N–H and O–H groups in total. The van der Waals surface area contributed by atoms with Gasteiger partial charge in [0.25, 0.3) is 5.91 Å². The summed E-state index contributed by atoms with van der Waals surface area (Å²) in [4.78, 5) is 13.0. The summed E-state index contributed by atoms with van der Waals surface area (Å²) in [5.41, 5.74) is 0.264. The highest BCUT2D eigenvalue weighted by atomic mass is 32.2. The number of nitrogens with one attached hydrogen (secondary N) is 1. The molecule has 0 spiro atoms. The third-order valence-corrected chi connectivity index (χ3v) is 7.12. The van der Waals surface area contributed by atoms with Gasteiger partial charge in [-0.2, -0.15) is 9.40 Å². The van der Waals surface area contributed by atoms with Crippen molar-refractivity contribution in [2.24, 2.45) is 7.05 Å². The van der Waals surface area contributed by atoms with Crippen LogP contribution in [0.5, 0.6) is 17.2 Å². The monoisotopic (exact) mass is 486 g/mol. The summed E-state index contributed by atoms with van der Waals surface area (Å²) in [6.07, 6.45) is 2.08. The first-order valence-electron chi connectivity index (χ1n) is 10.8. The molecule has 1 atom stereocenters. The highest BCUT2D eigenvalue weighted by Gasteiger charge is 2.29. The van der Waals surface area contributed by atoms with E-state index in [9.17, 15) is 18.3 Å². The van der Waals surface area contributed by atoms with Crippen LogP contribution < -0.4 is 14.8 Å². The van der Waals surface area contributed by atoms with Gasteiger partial charge >= 0.3 is 0 Å². The maximum Gasteiger partial charge on any atom is 0.257 e. The van der Waals surface area contributed by atoms with Gasteiger partial charge in [0.05, 0.1) is 11.5 Å². The van der Waals surface area contributed by atoms with Crippen molar-refractivity contribution in [1.29, 1.82) is 0 Å². The number of aliphatic hydroxyl groups is 1. The molecule has 1 fully saturated rings. The van der Waals surface area contributed by atoms with Gasteiger partial charge in [0.1, 0.15) is 23.4 Å². The zero-order chi connectivity index (χ0) is 24.3. The van der Waals surface area contributed by atoms with Gasteiger partial charge in [0.2, 0.25) is 10.0 Å². The highest BCUT2D eigenvalue weighted by Crippen LogP contribution is 2.30. The second-order valence-electron chi connectivity index (χ2n) is 7.96. The Labute approximate surface area is 197 Å². The van der Waals surface area contributed by atoms with Crippen LogP contribution in [0.25, 0.3) is 0 Å². The van der Waals surface area contributed by atoms with Crippen LogP contribution >= 0.6 is 0 Å². The first-order chi connectivity index (χ1) is 16.2. The van der Waals surface area contributed by atoms with E-state index >= 15 is 0 Å². The summed E-state index contributed by atoms with van der Waals surface area (Å²) < 4.78 is 39.6. The maximum absolute atomic E-state index is 12.8. The number of nitrogens with zero attached hydrogens (tertiary/aromatic N) is 3. The van der Waals surface area contributed by atoms with E-state index in [1.54, 1.807) is 61.2 Å². The minimum Gasteiger partial charge on any atom is -0.488 e. The Balaban J connectivity index is 1.56. The van der Waals surface area contributed by atoms with Crippen molar-refractivity contribution >= 4 is 21.7 Å². The molecule has 34 heavy (non-hydrogen) atoms. The number of carbonyl (C=O) groups is 1. The van der Waals surface area contributed by atoms with E-state index in [0.29, 0.717) is 36.2 Å². The van der Waals surface area contributed by atoms with Gasteiger partial charge in [-0.3, -0.25) is 9.48 Å². The molecule has 1 aliphatic heterocycles. The van der Waals surface area contributed by atoms with E-state index in [1.807, 2.05) is 0 Å². The van der Waals surface area contributed by atoms with E-state index in [1.165, 1.54) is 16.4 Å². The average Bonchev–Trinajstić information content (AvgIpc) is 3.16. The minimum atomic E-state index is -3.49. The predicted molar refractivity (Wildman–Crippen MR) is 125 cm³/mol. The van der Waals surface area contributed by atoms with Crippen LogP contribution in [0.1, 0.15) is 23.7 Å². The van der Waals surface area contributed by atoms with Crippen molar-refractivity contribution in [2.45, 2.75) is 24.3 Å². The maximum atomic E-state index is 12.8. The molecule has 0 saturated carbocycles. The molecule has 1 amide bonds. The van der Waals surface area contributed by atoms with Gasteiger partial charge in [-0.25, -0.2) is 8.42 Å². The Morgan fingerprint density at radius 2 is 1.82 bits per heavy atom. The summed E-state index contributed by atoms with van der Waals surface area (Å²) in [6.45, 7) is 2.55. The summed E-state index contributed by atoms with van der Waals surface area (Å²) in [5.74, 6) is 1.02. The van der Waals surface area contributed by atoms with Gasteiger partial charge in [-0.05, 0) is 49.7 Å². The molecule has 0 bridgehead atoms. The quantitative estimate of drug-likeness (QED) is 0.477. The molecular formula is C23H26N4O6S. The van der Waals surface area contributed by atoms with Gasteiger partial charge in [-0.15, -0.1) is 0 Å². The Hall–Kier alpha value is -3.41. The predicted octanol–water partition coefficient (Wildman–Crippen LogP) is 2.62. The fraction of sp³-hybridized carbons (Fsp3) is 0.304. The molecule has 1 saturated heterocycles. The van der Waals surface area contributed by atoms with Gasteiger partial charge < -0.3 is 19.9 Å². The number of aliphatic hydroxyl groups excluding tert-OH is 1. The number of benzene rings is 2. The number of hydrogen-bond donors (Lipinski definition) is 2. The molecule has 11 heteroatoms. The second kappa shape index (κ2) is 9.84. The SMILES string of the molecule is C[C@@H](CO)Oc1cc(Oc2ccc(S(=O)(=O)N3CCC3)cc2)cc(C(=O)Nc2ccn(C)n2)c1. The van der Waals surface area contributed by atoms with Crippen LogP contribution in [0.4, 0.5) is 5.82 Å². The third kappa shape index (κ3) is 5.38. The third-order valence-electron chi connectivity index (χ3n) is 5.20. The van der Waals surface area contributed by atoms with Crippen molar-refractivity contribution in [3.63, 3.8) is 0 Å². The van der Waals surface area contributed by atoms with Crippen LogP contribution in [0.2, 0.25) is 0 Å². The number of aromatic nitrogens is 2. The smallest absolute Gasteiger partial charge is 0.257 e. The van der Waals surface area contributed by atoms with Crippen molar-refractivity contribution in [1.82, 2.24) is 14.1 Å². The summed E-state index contributed by atoms with van der Waals surface area (Å²) >= 11 is 0. The second-order valence-corrected chi connectivity index (χ2v) is 9.90. The van der Waals surface area contributed by atoms with Crippen LogP contribution in [-0.4, -0.2) is 59.3 Å². The number of anilines is 1. The largest absolute Gasteiger partial charge is 0.488 e. The van der Waals surface area contributed by atoms with Crippen LogP contribution in [0, 0.1) is 0 Å². The summed E-state index contributed by atoms with van der Waals surface area (Å²) in [5, 5.41) is 16.2. The van der Waals surface area contributed by atoms with Crippen LogP contribution in [0.3, 0.4) is 0 Å². The standard InChI is InChI=1S/C23H26N4O6S/c1-16(15-28)32-19-12-17(23(29)24-22-8-11-26(2)25-22)13-20(14-19)33-18-4-6-21(7-5-18)34(30,31)27-9-3-10-27/h4-8,11-14,16,28H,3,9-10,15H2,1-2H3,(H,24,25,29)/t16-/m0/s1. The molecular weight excluding hydrogens is 460 g/mol. The lowest BCUT2D eigenvalue weighted by Crippen LogP contribution is -2.41. The summed E-state index contributed by atoms with van der Waals surface area (Å²) in [7, 11) is -1.74. The van der Waals surface area contributed by atoms with E-state index in [2.05, 4.69) is 10.4 Å². The Morgan fingerprint density at radius 3 is 2.41 bits per heavy atom. The lowest BCUT2D eigenvalue weighted by atomic mass is 10.2. The number of sulfonamides is 1. The molecule has 1 aliphatic rings. The molecule has 10 nitrogen and oxygen atoms in total. The van der Waals surface area contributed by atoms with Crippen LogP contribution in [0.15, 0.2) is 59.6 Å². The average molecular weight is 487 g/mol. The molecule has 2 aromatic carbocycles. The molecule has 0 radical (unpaired) electrons.